The molecule has 2 saturated heterocycles. The summed E-state index contributed by atoms with van der Waals surface area (Å²) in [4.78, 5) is 14.5. The molecule has 2 aromatic rings. The van der Waals surface area contributed by atoms with Crippen molar-refractivity contribution in [3.8, 4) is 5.75 Å². The van der Waals surface area contributed by atoms with E-state index in [1.807, 2.05) is 55.5 Å². The zero-order valence-corrected chi connectivity index (χ0v) is 17.6. The Kier molecular flexibility index (Phi) is 5.12. The molecule has 0 N–H and O–H groups in total. The number of anilines is 1. The van der Waals surface area contributed by atoms with Crippen LogP contribution in [0.3, 0.4) is 0 Å². The SMILES string of the molecule is COc1cccc(N2CC3(CCN(S(=O)(=O)Cc4ccc(C)cc4)C3)CC2=O)c1. The molecule has 1 spiro atoms. The summed E-state index contributed by atoms with van der Waals surface area (Å²) in [5.41, 5.74) is 2.37. The van der Waals surface area contributed by atoms with Gasteiger partial charge in [-0.25, -0.2) is 12.7 Å². The van der Waals surface area contributed by atoms with E-state index in [4.69, 9.17) is 4.74 Å². The van der Waals surface area contributed by atoms with Crippen LogP contribution in [0.1, 0.15) is 24.0 Å². The highest BCUT2D eigenvalue weighted by Gasteiger charge is 2.50. The molecule has 154 valence electrons. The van der Waals surface area contributed by atoms with Crippen LogP contribution in [0.5, 0.6) is 5.75 Å². The lowest BCUT2D eigenvalue weighted by atomic mass is 9.86. The quantitative estimate of drug-likeness (QED) is 0.754. The Bertz CT molecular complexity index is 1020. The minimum absolute atomic E-state index is 0.00307. The van der Waals surface area contributed by atoms with Crippen LogP contribution in [-0.4, -0.2) is 45.4 Å². The molecule has 7 heteroatoms. The maximum atomic E-state index is 13.0. The number of carbonyl (C=O) groups excluding carboxylic acids is 1. The molecular weight excluding hydrogens is 388 g/mol. The molecule has 0 saturated carbocycles. The standard InChI is InChI=1S/C22H26N2O4S/c1-17-6-8-18(9-7-17)14-29(26,27)23-11-10-22(15-23)13-21(25)24(16-22)19-4-3-5-20(12-19)28-2/h3-9,12H,10-11,13-16H2,1-2H3. The van der Waals surface area contributed by atoms with Crippen LogP contribution >= 0.6 is 0 Å². The van der Waals surface area contributed by atoms with Gasteiger partial charge in [0.1, 0.15) is 5.75 Å². The highest BCUT2D eigenvalue weighted by atomic mass is 32.2. The number of rotatable bonds is 5. The van der Waals surface area contributed by atoms with Crippen LogP contribution in [0.4, 0.5) is 5.69 Å². The van der Waals surface area contributed by atoms with Crippen LogP contribution in [0, 0.1) is 12.3 Å². The molecule has 2 fully saturated rings. The minimum Gasteiger partial charge on any atom is -0.497 e. The Morgan fingerprint density at radius 3 is 2.59 bits per heavy atom. The molecule has 0 bridgehead atoms. The van der Waals surface area contributed by atoms with Gasteiger partial charge in [0.15, 0.2) is 0 Å². The molecule has 2 aromatic carbocycles. The lowest BCUT2D eigenvalue weighted by Crippen LogP contribution is -2.34. The number of hydrogen-bond acceptors (Lipinski definition) is 4. The van der Waals surface area contributed by atoms with Gasteiger partial charge in [-0.2, -0.15) is 0 Å². The molecule has 2 aliphatic rings. The third kappa shape index (κ3) is 4.02. The van der Waals surface area contributed by atoms with Crippen molar-refractivity contribution in [1.82, 2.24) is 4.31 Å². The van der Waals surface area contributed by atoms with Crippen molar-refractivity contribution in [2.24, 2.45) is 5.41 Å². The monoisotopic (exact) mass is 414 g/mol. The number of ether oxygens (including phenoxy) is 1. The van der Waals surface area contributed by atoms with Gasteiger partial charge >= 0.3 is 0 Å². The summed E-state index contributed by atoms with van der Waals surface area (Å²) in [6.45, 7) is 3.38. The van der Waals surface area contributed by atoms with E-state index >= 15 is 0 Å². The average Bonchev–Trinajstić information content (AvgIpc) is 3.27. The molecule has 2 aliphatic heterocycles. The van der Waals surface area contributed by atoms with E-state index in [2.05, 4.69) is 0 Å². The van der Waals surface area contributed by atoms with E-state index in [-0.39, 0.29) is 17.1 Å². The Hall–Kier alpha value is -2.38. The van der Waals surface area contributed by atoms with Crippen molar-refractivity contribution in [3.05, 3.63) is 59.7 Å². The summed E-state index contributed by atoms with van der Waals surface area (Å²) >= 11 is 0. The number of carbonyl (C=O) groups is 1. The van der Waals surface area contributed by atoms with E-state index < -0.39 is 10.0 Å². The Morgan fingerprint density at radius 1 is 1.10 bits per heavy atom. The fourth-order valence-electron chi connectivity index (χ4n) is 4.30. The smallest absolute Gasteiger partial charge is 0.227 e. The van der Waals surface area contributed by atoms with Gasteiger partial charge < -0.3 is 9.64 Å². The van der Waals surface area contributed by atoms with Crippen LogP contribution in [-0.2, 0) is 20.6 Å². The Labute approximate surface area is 172 Å². The summed E-state index contributed by atoms with van der Waals surface area (Å²) < 4.78 is 32.7. The number of benzene rings is 2. The zero-order valence-electron chi connectivity index (χ0n) is 16.8. The van der Waals surface area contributed by atoms with E-state index in [0.29, 0.717) is 38.2 Å². The van der Waals surface area contributed by atoms with Gasteiger partial charge in [-0.1, -0.05) is 35.9 Å². The number of sulfonamides is 1. The summed E-state index contributed by atoms with van der Waals surface area (Å²) in [7, 11) is -1.82. The lowest BCUT2D eigenvalue weighted by molar-refractivity contribution is -0.117. The van der Waals surface area contributed by atoms with Crippen molar-refractivity contribution in [2.45, 2.75) is 25.5 Å². The van der Waals surface area contributed by atoms with Gasteiger partial charge in [0.25, 0.3) is 0 Å². The van der Waals surface area contributed by atoms with E-state index in [1.54, 1.807) is 16.3 Å². The number of nitrogens with zero attached hydrogens (tertiary/aromatic N) is 2. The molecule has 29 heavy (non-hydrogen) atoms. The zero-order chi connectivity index (χ0) is 20.6. The first-order valence-electron chi connectivity index (χ1n) is 9.78. The maximum absolute atomic E-state index is 13.0. The molecule has 0 aliphatic carbocycles. The summed E-state index contributed by atoms with van der Waals surface area (Å²) in [6, 6.07) is 15.0. The topological polar surface area (TPSA) is 66.9 Å². The van der Waals surface area contributed by atoms with Crippen LogP contribution in [0.2, 0.25) is 0 Å². The summed E-state index contributed by atoms with van der Waals surface area (Å²) in [6.07, 6.45) is 1.08. The van der Waals surface area contributed by atoms with Crippen molar-refractivity contribution < 1.29 is 17.9 Å². The lowest BCUT2D eigenvalue weighted by Gasteiger charge is -2.24. The van der Waals surface area contributed by atoms with Gasteiger partial charge in [0, 0.05) is 43.2 Å². The van der Waals surface area contributed by atoms with Gasteiger partial charge in [-0.3, -0.25) is 4.79 Å². The fraction of sp³-hybridized carbons (Fsp3) is 0.409. The largest absolute Gasteiger partial charge is 0.497 e. The van der Waals surface area contributed by atoms with Gasteiger partial charge in [-0.05, 0) is 31.0 Å². The molecule has 0 radical (unpaired) electrons. The summed E-state index contributed by atoms with van der Waals surface area (Å²) in [5, 5.41) is 0. The van der Waals surface area contributed by atoms with Gasteiger partial charge in [0.05, 0.1) is 12.9 Å². The second kappa shape index (κ2) is 7.46. The average molecular weight is 415 g/mol. The molecular formula is C22H26N2O4S. The van der Waals surface area contributed by atoms with Gasteiger partial charge in [-0.15, -0.1) is 0 Å². The molecule has 1 atom stereocenters. The first-order valence-corrected chi connectivity index (χ1v) is 11.4. The minimum atomic E-state index is -3.42. The van der Waals surface area contributed by atoms with Crippen molar-refractivity contribution >= 4 is 21.6 Å². The summed E-state index contributed by atoms with van der Waals surface area (Å²) in [5.74, 6) is 0.734. The Balaban J connectivity index is 1.48. The second-order valence-corrected chi connectivity index (χ2v) is 10.2. The molecule has 2 heterocycles. The second-order valence-electron chi connectivity index (χ2n) is 8.18. The number of hydrogen-bond donors (Lipinski definition) is 0. The van der Waals surface area contributed by atoms with Crippen molar-refractivity contribution in [3.63, 3.8) is 0 Å². The normalized spacial score (nSPS) is 22.6. The molecule has 4 rings (SSSR count). The predicted molar refractivity (Wildman–Crippen MR) is 112 cm³/mol. The first-order chi connectivity index (χ1) is 13.8. The van der Waals surface area contributed by atoms with Crippen LogP contribution in [0.25, 0.3) is 0 Å². The first kappa shape index (κ1) is 19.9. The number of aryl methyl sites for hydroxylation is 1. The highest BCUT2D eigenvalue weighted by molar-refractivity contribution is 7.88. The van der Waals surface area contributed by atoms with Crippen molar-refractivity contribution in [1.29, 1.82) is 0 Å². The third-order valence-electron chi connectivity index (χ3n) is 5.95. The Morgan fingerprint density at radius 2 is 1.86 bits per heavy atom. The third-order valence-corrected chi connectivity index (χ3v) is 7.75. The molecule has 6 nitrogen and oxygen atoms in total. The predicted octanol–water partition coefficient (Wildman–Crippen LogP) is 2.96. The molecule has 1 unspecified atom stereocenters. The molecule has 1 amide bonds. The molecule has 0 aromatic heterocycles. The van der Waals surface area contributed by atoms with Crippen LogP contribution < -0.4 is 9.64 Å². The highest BCUT2D eigenvalue weighted by Crippen LogP contribution is 2.43. The van der Waals surface area contributed by atoms with E-state index in [0.717, 1.165) is 16.8 Å². The fourth-order valence-corrected chi connectivity index (χ4v) is 5.94. The van der Waals surface area contributed by atoms with Crippen molar-refractivity contribution in [2.75, 3.05) is 31.6 Å². The van der Waals surface area contributed by atoms with E-state index in [1.165, 1.54) is 0 Å². The van der Waals surface area contributed by atoms with E-state index in [9.17, 15) is 13.2 Å². The van der Waals surface area contributed by atoms with Gasteiger partial charge in [0.2, 0.25) is 15.9 Å². The van der Waals surface area contributed by atoms with Crippen LogP contribution in [0.15, 0.2) is 48.5 Å². The number of amides is 1. The number of methoxy groups -OCH3 is 1. The maximum Gasteiger partial charge on any atom is 0.227 e.